The van der Waals surface area contributed by atoms with Crippen molar-refractivity contribution in [2.75, 3.05) is 6.61 Å². The molecule has 4 heteroatoms. The van der Waals surface area contributed by atoms with E-state index in [1.807, 2.05) is 6.92 Å². The third kappa shape index (κ3) is 4.06. The number of carboxylic acids is 1. The van der Waals surface area contributed by atoms with E-state index in [-0.39, 0.29) is 11.3 Å². The molecule has 0 heterocycles. The quantitative estimate of drug-likeness (QED) is 0.606. The minimum absolute atomic E-state index is 0.106. The minimum Gasteiger partial charge on any atom is -0.545 e. The summed E-state index contributed by atoms with van der Waals surface area (Å²) in [5.74, 6) is -0.631. The summed E-state index contributed by atoms with van der Waals surface area (Å²) in [7, 11) is 0. The first-order valence-electron chi connectivity index (χ1n) is 6.87. The lowest BCUT2D eigenvalue weighted by molar-refractivity contribution is -0.255. The molecular weight excluding hydrogens is 280 g/mol. The molecule has 0 saturated heterocycles. The number of hydrogen-bond donors (Lipinski definition) is 0. The highest BCUT2D eigenvalue weighted by Gasteiger charge is 2.02. The van der Waals surface area contributed by atoms with Gasteiger partial charge < -0.3 is 14.6 Å². The summed E-state index contributed by atoms with van der Waals surface area (Å²) >= 11 is 0. The van der Waals surface area contributed by atoms with Crippen molar-refractivity contribution >= 4 is 17.8 Å². The summed E-state index contributed by atoms with van der Waals surface area (Å²) in [6, 6.07) is 13.0. The van der Waals surface area contributed by atoms with Crippen LogP contribution in [0.15, 0.2) is 54.6 Å². The summed E-state index contributed by atoms with van der Waals surface area (Å²) in [5, 5.41) is 10.6. The fourth-order valence-corrected chi connectivity index (χ4v) is 1.88. The molecule has 4 nitrogen and oxygen atoms in total. The highest BCUT2D eigenvalue weighted by molar-refractivity contribution is 6.06. The lowest BCUT2D eigenvalue weighted by Gasteiger charge is -2.03. The van der Waals surface area contributed by atoms with Gasteiger partial charge in [0.1, 0.15) is 5.75 Å². The van der Waals surface area contributed by atoms with E-state index in [9.17, 15) is 14.7 Å². The van der Waals surface area contributed by atoms with E-state index < -0.39 is 5.97 Å². The highest BCUT2D eigenvalue weighted by atomic mass is 16.5. The van der Waals surface area contributed by atoms with Gasteiger partial charge in [0, 0.05) is 5.56 Å². The first-order valence-corrected chi connectivity index (χ1v) is 6.87. The van der Waals surface area contributed by atoms with Crippen LogP contribution in [-0.2, 0) is 0 Å². The molecule has 0 radical (unpaired) electrons. The Morgan fingerprint density at radius 3 is 2.14 bits per heavy atom. The number of allylic oxidation sites excluding steroid dienone is 1. The molecule has 0 saturated carbocycles. The van der Waals surface area contributed by atoms with Crippen LogP contribution in [0.25, 0.3) is 6.08 Å². The van der Waals surface area contributed by atoms with Crippen LogP contribution in [0.3, 0.4) is 0 Å². The van der Waals surface area contributed by atoms with Crippen molar-refractivity contribution < 1.29 is 19.4 Å². The monoisotopic (exact) mass is 295 g/mol. The topological polar surface area (TPSA) is 66.4 Å². The van der Waals surface area contributed by atoms with Crippen molar-refractivity contribution in [2.24, 2.45) is 0 Å². The van der Waals surface area contributed by atoms with Gasteiger partial charge in [-0.05, 0) is 48.4 Å². The lowest BCUT2D eigenvalue weighted by atomic mass is 10.1. The van der Waals surface area contributed by atoms with Crippen molar-refractivity contribution in [3.05, 3.63) is 71.3 Å². The number of carbonyl (C=O) groups excluding carboxylic acids is 2. The zero-order chi connectivity index (χ0) is 15.9. The van der Waals surface area contributed by atoms with Crippen LogP contribution in [0.2, 0.25) is 0 Å². The Labute approximate surface area is 128 Å². The number of rotatable bonds is 6. The second-order valence-corrected chi connectivity index (χ2v) is 4.56. The van der Waals surface area contributed by atoms with Gasteiger partial charge in [-0.2, -0.15) is 0 Å². The number of carboxylic acid groups (broad SMARTS) is 1. The molecular formula is C18H15O4-. The summed E-state index contributed by atoms with van der Waals surface area (Å²) in [4.78, 5) is 22.7. The first kappa shape index (κ1) is 15.5. The Hall–Kier alpha value is -2.88. The summed E-state index contributed by atoms with van der Waals surface area (Å²) in [6.45, 7) is 2.47. The summed E-state index contributed by atoms with van der Waals surface area (Å²) in [6.07, 6.45) is 3.08. The Morgan fingerprint density at radius 1 is 1.00 bits per heavy atom. The van der Waals surface area contributed by atoms with E-state index in [1.165, 1.54) is 18.2 Å². The number of carbonyl (C=O) groups is 2. The predicted molar refractivity (Wildman–Crippen MR) is 81.7 cm³/mol. The maximum Gasteiger partial charge on any atom is 0.185 e. The summed E-state index contributed by atoms with van der Waals surface area (Å²) in [5.41, 5.74) is 1.41. The maximum absolute atomic E-state index is 12.0. The van der Waals surface area contributed by atoms with E-state index in [0.717, 1.165) is 11.3 Å². The molecule has 22 heavy (non-hydrogen) atoms. The molecule has 0 aromatic heterocycles. The molecule has 2 rings (SSSR count). The van der Waals surface area contributed by atoms with E-state index in [4.69, 9.17) is 4.74 Å². The Balaban J connectivity index is 2.05. The molecule has 0 aliphatic heterocycles. The zero-order valence-electron chi connectivity index (χ0n) is 12.1. The number of benzene rings is 2. The minimum atomic E-state index is -1.22. The number of aromatic carboxylic acids is 1. The van der Waals surface area contributed by atoms with Gasteiger partial charge in [0.25, 0.3) is 0 Å². The summed E-state index contributed by atoms with van der Waals surface area (Å²) < 4.78 is 5.32. The number of ether oxygens (including phenoxy) is 1. The SMILES string of the molecule is CCOc1ccc(C(=O)/C=C/c2ccc(C(=O)[O-])cc2)cc1. The fourth-order valence-electron chi connectivity index (χ4n) is 1.88. The zero-order valence-corrected chi connectivity index (χ0v) is 12.1. The molecule has 0 unspecified atom stereocenters. The van der Waals surface area contributed by atoms with Crippen LogP contribution in [-0.4, -0.2) is 18.4 Å². The van der Waals surface area contributed by atoms with Crippen molar-refractivity contribution in [1.82, 2.24) is 0 Å². The van der Waals surface area contributed by atoms with Crippen molar-refractivity contribution in [3.63, 3.8) is 0 Å². The number of hydrogen-bond acceptors (Lipinski definition) is 4. The molecule has 0 bridgehead atoms. The van der Waals surface area contributed by atoms with Gasteiger partial charge in [0.2, 0.25) is 0 Å². The average molecular weight is 295 g/mol. The number of ketones is 1. The normalized spacial score (nSPS) is 10.6. The van der Waals surface area contributed by atoms with Crippen LogP contribution < -0.4 is 9.84 Å². The molecule has 2 aromatic carbocycles. The van der Waals surface area contributed by atoms with E-state index in [0.29, 0.717) is 12.2 Å². The Bertz CT molecular complexity index is 682. The van der Waals surface area contributed by atoms with Gasteiger partial charge in [-0.25, -0.2) is 0 Å². The van der Waals surface area contributed by atoms with Crippen molar-refractivity contribution in [2.45, 2.75) is 6.92 Å². The van der Waals surface area contributed by atoms with Crippen molar-refractivity contribution in [1.29, 1.82) is 0 Å². The molecule has 0 spiro atoms. The standard InChI is InChI=1S/C18H16O4/c1-2-22-16-10-8-14(9-11-16)17(19)12-5-13-3-6-15(7-4-13)18(20)21/h3-12H,2H2,1H3,(H,20,21)/p-1/b12-5+. The fraction of sp³-hybridized carbons (Fsp3) is 0.111. The molecule has 2 aromatic rings. The second-order valence-electron chi connectivity index (χ2n) is 4.56. The Morgan fingerprint density at radius 2 is 1.59 bits per heavy atom. The molecule has 0 amide bonds. The van der Waals surface area contributed by atoms with Crippen LogP contribution >= 0.6 is 0 Å². The van der Waals surface area contributed by atoms with Crippen LogP contribution in [0.1, 0.15) is 33.2 Å². The predicted octanol–water partition coefficient (Wildman–Crippen LogP) is 2.34. The molecule has 112 valence electrons. The lowest BCUT2D eigenvalue weighted by Crippen LogP contribution is -2.21. The molecule has 0 aliphatic carbocycles. The average Bonchev–Trinajstić information content (AvgIpc) is 2.54. The van der Waals surface area contributed by atoms with Crippen LogP contribution in [0, 0.1) is 0 Å². The molecule has 0 fully saturated rings. The molecule has 0 N–H and O–H groups in total. The van der Waals surface area contributed by atoms with Crippen LogP contribution in [0.4, 0.5) is 0 Å². The van der Waals surface area contributed by atoms with Gasteiger partial charge in [-0.15, -0.1) is 0 Å². The van der Waals surface area contributed by atoms with Gasteiger partial charge in [0.15, 0.2) is 5.78 Å². The largest absolute Gasteiger partial charge is 0.545 e. The highest BCUT2D eigenvalue weighted by Crippen LogP contribution is 2.13. The molecule has 0 atom stereocenters. The third-order valence-corrected chi connectivity index (χ3v) is 3.02. The first-order chi connectivity index (χ1) is 10.6. The maximum atomic E-state index is 12.0. The van der Waals surface area contributed by atoms with Crippen molar-refractivity contribution in [3.8, 4) is 5.75 Å². The van der Waals surface area contributed by atoms with Gasteiger partial charge in [0.05, 0.1) is 12.6 Å². The smallest absolute Gasteiger partial charge is 0.185 e. The van der Waals surface area contributed by atoms with Gasteiger partial charge in [-0.1, -0.05) is 30.3 Å². The van der Waals surface area contributed by atoms with Gasteiger partial charge >= 0.3 is 0 Å². The van der Waals surface area contributed by atoms with Gasteiger partial charge in [-0.3, -0.25) is 4.79 Å². The van der Waals surface area contributed by atoms with E-state index >= 15 is 0 Å². The van der Waals surface area contributed by atoms with E-state index in [2.05, 4.69) is 0 Å². The Kier molecular flexibility index (Phi) is 5.09. The van der Waals surface area contributed by atoms with E-state index in [1.54, 1.807) is 42.5 Å². The second kappa shape index (κ2) is 7.22. The molecule has 0 aliphatic rings. The van der Waals surface area contributed by atoms with Crippen LogP contribution in [0.5, 0.6) is 5.75 Å². The third-order valence-electron chi connectivity index (χ3n) is 3.02.